The molecule has 0 N–H and O–H groups in total. The molecule has 4 heteroatoms. The Labute approximate surface area is 100 Å². The molecule has 0 fully saturated rings. The summed E-state index contributed by atoms with van der Waals surface area (Å²) < 4.78 is 13.6. The maximum Gasteiger partial charge on any atom is 0.227 e. The highest BCUT2D eigenvalue weighted by atomic mass is 79.9. The predicted molar refractivity (Wildman–Crippen MR) is 62.0 cm³/mol. The molecule has 2 nitrogen and oxygen atoms in total. The van der Waals surface area contributed by atoms with E-state index >= 15 is 0 Å². The van der Waals surface area contributed by atoms with Crippen LogP contribution in [0.15, 0.2) is 40.9 Å². The third kappa shape index (κ3) is 2.10. The van der Waals surface area contributed by atoms with Crippen LogP contribution in [0.25, 0.3) is 11.3 Å². The van der Waals surface area contributed by atoms with Crippen molar-refractivity contribution >= 4 is 15.9 Å². The first-order valence-corrected chi connectivity index (χ1v) is 5.32. The number of nitriles is 1. The van der Waals surface area contributed by atoms with Crippen molar-refractivity contribution in [3.63, 3.8) is 0 Å². The lowest BCUT2D eigenvalue weighted by molar-refractivity contribution is 0.578. The van der Waals surface area contributed by atoms with Gasteiger partial charge >= 0.3 is 0 Å². The molecule has 0 aliphatic heterocycles. The van der Waals surface area contributed by atoms with Crippen molar-refractivity contribution in [3.05, 3.63) is 52.4 Å². The normalized spacial score (nSPS) is 9.81. The van der Waals surface area contributed by atoms with Crippen molar-refractivity contribution in [2.24, 2.45) is 0 Å². The Bertz CT molecular complexity index is 575. The molecule has 2 rings (SSSR count). The number of nitrogens with zero attached hydrogens (tertiary/aromatic N) is 2. The molecule has 1 aromatic heterocycles. The van der Waals surface area contributed by atoms with Crippen LogP contribution >= 0.6 is 15.9 Å². The minimum Gasteiger partial charge on any atom is -0.219 e. The SMILES string of the molecule is N#Cc1cccc(-c2ccc(Br)c(F)n2)c1. The Kier molecular flexibility index (Phi) is 2.97. The number of halogens is 2. The first-order chi connectivity index (χ1) is 7.70. The zero-order chi connectivity index (χ0) is 11.5. The summed E-state index contributed by atoms with van der Waals surface area (Å²) in [7, 11) is 0. The van der Waals surface area contributed by atoms with Gasteiger partial charge in [0.25, 0.3) is 0 Å². The van der Waals surface area contributed by atoms with Gasteiger partial charge < -0.3 is 0 Å². The smallest absolute Gasteiger partial charge is 0.219 e. The van der Waals surface area contributed by atoms with Crippen molar-refractivity contribution in [2.75, 3.05) is 0 Å². The van der Waals surface area contributed by atoms with E-state index in [1.807, 2.05) is 6.07 Å². The zero-order valence-electron chi connectivity index (χ0n) is 8.11. The highest BCUT2D eigenvalue weighted by Gasteiger charge is 2.05. The molecule has 2 aromatic rings. The summed E-state index contributed by atoms with van der Waals surface area (Å²) in [6.45, 7) is 0. The Balaban J connectivity index is 2.51. The topological polar surface area (TPSA) is 36.7 Å². The molecular weight excluding hydrogens is 271 g/mol. The fourth-order valence-corrected chi connectivity index (χ4v) is 1.55. The van der Waals surface area contributed by atoms with E-state index in [0.717, 1.165) is 5.56 Å². The van der Waals surface area contributed by atoms with Crippen LogP contribution in [0.5, 0.6) is 0 Å². The Morgan fingerprint density at radius 3 is 2.75 bits per heavy atom. The van der Waals surface area contributed by atoms with Crippen LogP contribution in [-0.2, 0) is 0 Å². The predicted octanol–water partition coefficient (Wildman–Crippen LogP) is 3.52. The Hall–Kier alpha value is -1.73. The van der Waals surface area contributed by atoms with E-state index in [1.165, 1.54) is 0 Å². The molecule has 0 spiro atoms. The fraction of sp³-hybridized carbons (Fsp3) is 0. The van der Waals surface area contributed by atoms with E-state index in [9.17, 15) is 4.39 Å². The summed E-state index contributed by atoms with van der Waals surface area (Å²) in [4.78, 5) is 3.80. The van der Waals surface area contributed by atoms with E-state index in [0.29, 0.717) is 15.7 Å². The Morgan fingerprint density at radius 2 is 2.06 bits per heavy atom. The molecule has 0 atom stereocenters. The number of pyridine rings is 1. The molecule has 0 saturated carbocycles. The largest absolute Gasteiger partial charge is 0.227 e. The lowest BCUT2D eigenvalue weighted by atomic mass is 10.1. The monoisotopic (exact) mass is 276 g/mol. The molecule has 16 heavy (non-hydrogen) atoms. The van der Waals surface area contributed by atoms with Gasteiger partial charge in [-0.3, -0.25) is 0 Å². The first-order valence-electron chi connectivity index (χ1n) is 4.53. The van der Waals surface area contributed by atoms with Gasteiger partial charge in [0.05, 0.1) is 21.8 Å². The number of hydrogen-bond donors (Lipinski definition) is 0. The minimum atomic E-state index is -0.556. The highest BCUT2D eigenvalue weighted by Crippen LogP contribution is 2.21. The van der Waals surface area contributed by atoms with Crippen LogP contribution in [0.4, 0.5) is 4.39 Å². The van der Waals surface area contributed by atoms with Crippen LogP contribution in [0.2, 0.25) is 0 Å². The second-order valence-corrected chi connectivity index (χ2v) is 4.02. The second kappa shape index (κ2) is 4.42. The average molecular weight is 277 g/mol. The summed E-state index contributed by atoms with van der Waals surface area (Å²) in [5.74, 6) is -0.556. The summed E-state index contributed by atoms with van der Waals surface area (Å²) in [6.07, 6.45) is 0. The molecule has 1 aromatic carbocycles. The number of hydrogen-bond acceptors (Lipinski definition) is 2. The van der Waals surface area contributed by atoms with E-state index in [1.54, 1.807) is 36.4 Å². The molecule has 1 heterocycles. The molecule has 78 valence electrons. The Morgan fingerprint density at radius 1 is 1.25 bits per heavy atom. The lowest BCUT2D eigenvalue weighted by Gasteiger charge is -2.02. The summed E-state index contributed by atoms with van der Waals surface area (Å²) >= 11 is 3.04. The van der Waals surface area contributed by atoms with Crippen molar-refractivity contribution < 1.29 is 4.39 Å². The van der Waals surface area contributed by atoms with Gasteiger partial charge in [-0.15, -0.1) is 0 Å². The van der Waals surface area contributed by atoms with Crippen molar-refractivity contribution in [1.82, 2.24) is 4.98 Å². The van der Waals surface area contributed by atoms with Crippen molar-refractivity contribution in [1.29, 1.82) is 5.26 Å². The van der Waals surface area contributed by atoms with Crippen LogP contribution in [0.3, 0.4) is 0 Å². The van der Waals surface area contributed by atoms with Crippen LogP contribution in [-0.4, -0.2) is 4.98 Å². The standard InChI is InChI=1S/C12H6BrFN2/c13-10-4-5-11(16-12(10)14)9-3-1-2-8(6-9)7-15/h1-6H. The van der Waals surface area contributed by atoms with Crippen molar-refractivity contribution in [3.8, 4) is 17.3 Å². The maximum absolute atomic E-state index is 13.2. The van der Waals surface area contributed by atoms with E-state index in [-0.39, 0.29) is 0 Å². The second-order valence-electron chi connectivity index (χ2n) is 3.16. The van der Waals surface area contributed by atoms with Gasteiger partial charge in [-0.05, 0) is 40.2 Å². The quantitative estimate of drug-likeness (QED) is 0.748. The van der Waals surface area contributed by atoms with Gasteiger partial charge in [0.1, 0.15) is 0 Å². The van der Waals surface area contributed by atoms with Crippen molar-refractivity contribution in [2.45, 2.75) is 0 Å². The third-order valence-corrected chi connectivity index (χ3v) is 2.68. The van der Waals surface area contributed by atoms with E-state index in [2.05, 4.69) is 20.9 Å². The molecule has 0 aliphatic rings. The molecular formula is C12H6BrFN2. The number of aromatic nitrogens is 1. The molecule has 0 saturated heterocycles. The van der Waals surface area contributed by atoms with Crippen LogP contribution in [0.1, 0.15) is 5.56 Å². The van der Waals surface area contributed by atoms with Gasteiger partial charge in [0, 0.05) is 5.56 Å². The summed E-state index contributed by atoms with van der Waals surface area (Å²) in [5, 5.41) is 8.76. The molecule has 0 bridgehead atoms. The van der Waals surface area contributed by atoms with Gasteiger partial charge in [-0.1, -0.05) is 12.1 Å². The summed E-state index contributed by atoms with van der Waals surface area (Å²) in [5.41, 5.74) is 1.77. The van der Waals surface area contributed by atoms with Gasteiger partial charge in [-0.25, -0.2) is 4.98 Å². The third-order valence-electron chi connectivity index (χ3n) is 2.09. The molecule has 0 unspecified atom stereocenters. The maximum atomic E-state index is 13.2. The molecule has 0 amide bonds. The minimum absolute atomic E-state index is 0.327. The molecule has 0 aliphatic carbocycles. The van der Waals surface area contributed by atoms with E-state index in [4.69, 9.17) is 5.26 Å². The molecule has 0 radical (unpaired) electrons. The number of benzene rings is 1. The van der Waals surface area contributed by atoms with Crippen LogP contribution < -0.4 is 0 Å². The van der Waals surface area contributed by atoms with Crippen LogP contribution in [0, 0.1) is 17.3 Å². The fourth-order valence-electron chi connectivity index (χ4n) is 1.33. The lowest BCUT2D eigenvalue weighted by Crippen LogP contribution is -1.89. The summed E-state index contributed by atoms with van der Waals surface area (Å²) in [6, 6.07) is 12.2. The van der Waals surface area contributed by atoms with E-state index < -0.39 is 5.95 Å². The van der Waals surface area contributed by atoms with Gasteiger partial charge in [0.15, 0.2) is 0 Å². The highest BCUT2D eigenvalue weighted by molar-refractivity contribution is 9.10. The first kappa shape index (κ1) is 10.8. The zero-order valence-corrected chi connectivity index (χ0v) is 9.70. The van der Waals surface area contributed by atoms with Gasteiger partial charge in [-0.2, -0.15) is 9.65 Å². The van der Waals surface area contributed by atoms with Gasteiger partial charge in [0.2, 0.25) is 5.95 Å². The number of rotatable bonds is 1. The average Bonchev–Trinajstić information content (AvgIpc) is 2.33.